The summed E-state index contributed by atoms with van der Waals surface area (Å²) < 4.78 is 5.72. The first kappa shape index (κ1) is 17.7. The van der Waals surface area contributed by atoms with Crippen LogP contribution >= 0.6 is 23.2 Å². The molecule has 2 N–H and O–H groups in total. The predicted octanol–water partition coefficient (Wildman–Crippen LogP) is 1.51. The van der Waals surface area contributed by atoms with Crippen LogP contribution in [0, 0.1) is 0 Å². The highest BCUT2D eigenvalue weighted by Crippen LogP contribution is 2.29. The van der Waals surface area contributed by atoms with Crippen LogP contribution in [0.15, 0.2) is 34.0 Å². The van der Waals surface area contributed by atoms with Gasteiger partial charge in [-0.05, 0) is 17.7 Å². The number of aromatic amines is 2. The first-order valence-electron chi connectivity index (χ1n) is 7.59. The third-order valence-corrected chi connectivity index (χ3v) is 4.71. The number of aromatic nitrogens is 2. The maximum Gasteiger partial charge on any atom is 0.325 e. The number of hydrogen-bond donors (Lipinski definition) is 2. The monoisotopic (exact) mass is 383 g/mol. The SMILES string of the molecule is O=C(Cc1c[nH]c(=O)[nH]c1=O)N1CCOC(c2ccc(Cl)c(Cl)c2)C1. The van der Waals surface area contributed by atoms with Crippen LogP contribution in [0.3, 0.4) is 0 Å². The highest BCUT2D eigenvalue weighted by Gasteiger charge is 2.26. The number of ether oxygens (including phenoxy) is 1. The van der Waals surface area contributed by atoms with Crippen molar-refractivity contribution in [3.8, 4) is 0 Å². The second-order valence-corrected chi connectivity index (χ2v) is 6.46. The molecule has 2 heterocycles. The molecule has 3 rings (SSSR count). The molecule has 0 saturated carbocycles. The molecule has 1 amide bonds. The van der Waals surface area contributed by atoms with E-state index in [0.717, 1.165) is 5.56 Å². The summed E-state index contributed by atoms with van der Waals surface area (Å²) in [5.74, 6) is -0.217. The van der Waals surface area contributed by atoms with E-state index in [0.29, 0.717) is 29.7 Å². The lowest BCUT2D eigenvalue weighted by atomic mass is 10.1. The zero-order valence-electron chi connectivity index (χ0n) is 13.1. The van der Waals surface area contributed by atoms with Gasteiger partial charge in [0.15, 0.2) is 0 Å². The van der Waals surface area contributed by atoms with E-state index in [2.05, 4.69) is 9.97 Å². The summed E-state index contributed by atoms with van der Waals surface area (Å²) >= 11 is 12.0. The number of H-pyrrole nitrogens is 2. The molecule has 1 atom stereocenters. The van der Waals surface area contributed by atoms with Crippen LogP contribution in [0.4, 0.5) is 0 Å². The van der Waals surface area contributed by atoms with E-state index in [9.17, 15) is 14.4 Å². The number of benzene rings is 1. The lowest BCUT2D eigenvalue weighted by molar-refractivity contribution is -0.138. The molecule has 7 nitrogen and oxygen atoms in total. The van der Waals surface area contributed by atoms with E-state index in [1.165, 1.54) is 6.20 Å². The van der Waals surface area contributed by atoms with Gasteiger partial charge in [-0.3, -0.25) is 14.6 Å². The molecule has 1 fully saturated rings. The van der Waals surface area contributed by atoms with E-state index in [4.69, 9.17) is 27.9 Å². The maximum atomic E-state index is 12.5. The van der Waals surface area contributed by atoms with Gasteiger partial charge in [0.25, 0.3) is 5.56 Å². The van der Waals surface area contributed by atoms with Crippen molar-refractivity contribution < 1.29 is 9.53 Å². The van der Waals surface area contributed by atoms with Crippen molar-refractivity contribution in [3.63, 3.8) is 0 Å². The number of morpholine rings is 1. The fourth-order valence-corrected chi connectivity index (χ4v) is 2.94. The molecule has 1 aromatic carbocycles. The molecule has 0 bridgehead atoms. The van der Waals surface area contributed by atoms with Gasteiger partial charge in [0.05, 0.1) is 29.6 Å². The highest BCUT2D eigenvalue weighted by atomic mass is 35.5. The van der Waals surface area contributed by atoms with Crippen molar-refractivity contribution in [2.75, 3.05) is 19.7 Å². The van der Waals surface area contributed by atoms with Gasteiger partial charge in [-0.1, -0.05) is 29.3 Å². The second kappa shape index (κ2) is 7.43. The van der Waals surface area contributed by atoms with Crippen molar-refractivity contribution in [1.82, 2.24) is 14.9 Å². The van der Waals surface area contributed by atoms with Crippen molar-refractivity contribution in [2.24, 2.45) is 0 Å². The number of carbonyl (C=O) groups excluding carboxylic acids is 1. The molecule has 0 radical (unpaired) electrons. The summed E-state index contributed by atoms with van der Waals surface area (Å²) in [6.07, 6.45) is 0.845. The Morgan fingerprint density at radius 1 is 1.28 bits per heavy atom. The Morgan fingerprint density at radius 2 is 2.08 bits per heavy atom. The van der Waals surface area contributed by atoms with Gasteiger partial charge in [0.1, 0.15) is 6.10 Å². The third-order valence-electron chi connectivity index (χ3n) is 3.97. The van der Waals surface area contributed by atoms with E-state index in [1.807, 2.05) is 0 Å². The lowest BCUT2D eigenvalue weighted by Gasteiger charge is -2.33. The van der Waals surface area contributed by atoms with Crippen molar-refractivity contribution >= 4 is 29.1 Å². The van der Waals surface area contributed by atoms with Gasteiger partial charge < -0.3 is 14.6 Å². The minimum absolute atomic E-state index is 0.0970. The van der Waals surface area contributed by atoms with Gasteiger partial charge in [0.2, 0.25) is 5.91 Å². The average Bonchev–Trinajstić information content (AvgIpc) is 2.60. The summed E-state index contributed by atoms with van der Waals surface area (Å²) in [7, 11) is 0. The first-order chi connectivity index (χ1) is 11.9. The number of amides is 1. The average molecular weight is 384 g/mol. The number of carbonyl (C=O) groups is 1. The van der Waals surface area contributed by atoms with Gasteiger partial charge in [-0.2, -0.15) is 0 Å². The van der Waals surface area contributed by atoms with Gasteiger partial charge in [-0.25, -0.2) is 4.79 Å². The number of halogens is 2. The molecule has 1 aliphatic rings. The molecule has 9 heteroatoms. The summed E-state index contributed by atoms with van der Waals surface area (Å²) in [4.78, 5) is 41.3. The Bertz CT molecular complexity index is 909. The largest absolute Gasteiger partial charge is 0.370 e. The molecule has 132 valence electrons. The Balaban J connectivity index is 1.72. The smallest absolute Gasteiger partial charge is 0.325 e. The number of rotatable bonds is 3. The van der Waals surface area contributed by atoms with Gasteiger partial charge >= 0.3 is 5.69 Å². The molecule has 25 heavy (non-hydrogen) atoms. The van der Waals surface area contributed by atoms with E-state index >= 15 is 0 Å². The minimum atomic E-state index is -0.604. The van der Waals surface area contributed by atoms with Crippen LogP contribution < -0.4 is 11.2 Å². The second-order valence-electron chi connectivity index (χ2n) is 5.65. The number of nitrogens with one attached hydrogen (secondary N) is 2. The third kappa shape index (κ3) is 4.12. The van der Waals surface area contributed by atoms with Gasteiger partial charge in [-0.15, -0.1) is 0 Å². The summed E-state index contributed by atoms with van der Waals surface area (Å²) in [6, 6.07) is 5.21. The van der Waals surface area contributed by atoms with Crippen LogP contribution in [-0.2, 0) is 16.0 Å². The normalized spacial score (nSPS) is 17.5. The molecule has 1 unspecified atom stereocenters. The zero-order chi connectivity index (χ0) is 18.0. The standard InChI is InChI=1S/C16H15Cl2N3O4/c17-11-2-1-9(5-12(11)18)13-8-21(3-4-25-13)14(22)6-10-7-19-16(24)20-15(10)23/h1-2,5,7,13H,3-4,6,8H2,(H2,19,20,23,24). The van der Waals surface area contributed by atoms with E-state index in [1.54, 1.807) is 23.1 Å². The minimum Gasteiger partial charge on any atom is -0.370 e. The van der Waals surface area contributed by atoms with Crippen LogP contribution in [0.1, 0.15) is 17.2 Å². The topological polar surface area (TPSA) is 95.3 Å². The van der Waals surface area contributed by atoms with Crippen molar-refractivity contribution in [2.45, 2.75) is 12.5 Å². The zero-order valence-corrected chi connectivity index (χ0v) is 14.6. The molecular weight excluding hydrogens is 369 g/mol. The summed E-state index contributed by atoms with van der Waals surface area (Å²) in [6.45, 7) is 1.15. The molecular formula is C16H15Cl2N3O4. The van der Waals surface area contributed by atoms with Crippen molar-refractivity contribution in [1.29, 1.82) is 0 Å². The fraction of sp³-hybridized carbons (Fsp3) is 0.312. The number of hydrogen-bond acceptors (Lipinski definition) is 4. The Hall–Kier alpha value is -2.09. The molecule has 0 aliphatic carbocycles. The molecule has 2 aromatic rings. The Labute approximate surface area is 152 Å². The maximum absolute atomic E-state index is 12.5. The van der Waals surface area contributed by atoms with Crippen LogP contribution in [0.25, 0.3) is 0 Å². The molecule has 1 saturated heterocycles. The fourth-order valence-electron chi connectivity index (χ4n) is 2.63. The quantitative estimate of drug-likeness (QED) is 0.839. The molecule has 0 spiro atoms. The Kier molecular flexibility index (Phi) is 5.27. The molecule has 1 aliphatic heterocycles. The first-order valence-corrected chi connectivity index (χ1v) is 8.35. The van der Waals surface area contributed by atoms with E-state index in [-0.39, 0.29) is 24.0 Å². The van der Waals surface area contributed by atoms with Crippen LogP contribution in [0.5, 0.6) is 0 Å². The molecule has 1 aromatic heterocycles. The summed E-state index contributed by atoms with van der Waals surface area (Å²) in [5, 5.41) is 0.873. The number of nitrogens with zero attached hydrogens (tertiary/aromatic N) is 1. The van der Waals surface area contributed by atoms with E-state index < -0.39 is 11.2 Å². The van der Waals surface area contributed by atoms with Crippen LogP contribution in [0.2, 0.25) is 10.0 Å². The summed E-state index contributed by atoms with van der Waals surface area (Å²) in [5.41, 5.74) is -0.130. The van der Waals surface area contributed by atoms with Crippen LogP contribution in [-0.4, -0.2) is 40.5 Å². The lowest BCUT2D eigenvalue weighted by Crippen LogP contribution is -2.43. The Morgan fingerprint density at radius 3 is 2.80 bits per heavy atom. The van der Waals surface area contributed by atoms with Crippen molar-refractivity contribution in [3.05, 3.63) is 66.4 Å². The predicted molar refractivity (Wildman–Crippen MR) is 93.1 cm³/mol. The highest BCUT2D eigenvalue weighted by molar-refractivity contribution is 6.42. The van der Waals surface area contributed by atoms with Gasteiger partial charge in [0, 0.05) is 18.3 Å².